The van der Waals surface area contributed by atoms with Gasteiger partial charge in [0, 0.05) is 36.3 Å². The largest absolute Gasteiger partial charge is 0.311 e. The number of nitrogens with zero attached hydrogens (tertiary/aromatic N) is 1. The summed E-state index contributed by atoms with van der Waals surface area (Å²) in [5.74, 6) is 0. The van der Waals surface area contributed by atoms with Crippen LogP contribution in [0.5, 0.6) is 0 Å². The van der Waals surface area contributed by atoms with Crippen molar-refractivity contribution in [2.75, 3.05) is 13.1 Å². The van der Waals surface area contributed by atoms with Crippen LogP contribution in [-0.2, 0) is 6.54 Å². The topological polar surface area (TPSA) is 37.0 Å². The molecule has 0 atom stereocenters. The molecule has 0 saturated heterocycles. The van der Waals surface area contributed by atoms with Gasteiger partial charge in [0.25, 0.3) is 0 Å². The van der Waals surface area contributed by atoms with Gasteiger partial charge in [0.05, 0.1) is 5.52 Å². The highest BCUT2D eigenvalue weighted by molar-refractivity contribution is 5.83. The Morgan fingerprint density at radius 3 is 2.48 bits per heavy atom. The van der Waals surface area contributed by atoms with Gasteiger partial charge < -0.3 is 10.6 Å². The maximum atomic E-state index is 4.67. The molecule has 1 heterocycles. The van der Waals surface area contributed by atoms with E-state index in [2.05, 4.69) is 74.5 Å². The summed E-state index contributed by atoms with van der Waals surface area (Å²) in [5.41, 5.74) is 5.06. The van der Waals surface area contributed by atoms with Crippen molar-refractivity contribution < 1.29 is 0 Å². The highest BCUT2D eigenvalue weighted by Crippen LogP contribution is 2.22. The van der Waals surface area contributed by atoms with Gasteiger partial charge in [0.2, 0.25) is 0 Å². The minimum atomic E-state index is 0.178. The highest BCUT2D eigenvalue weighted by atomic mass is 15.0. The lowest BCUT2D eigenvalue weighted by atomic mass is 10.0. The number of benzene rings is 1. The molecule has 0 radical (unpaired) electrons. The lowest BCUT2D eigenvalue weighted by Crippen LogP contribution is -2.40. The molecule has 2 rings (SSSR count). The molecule has 0 fully saturated rings. The molecular weight excluding hydrogens is 258 g/mol. The molecule has 0 spiro atoms. The van der Waals surface area contributed by atoms with E-state index in [1.165, 1.54) is 16.5 Å². The van der Waals surface area contributed by atoms with Gasteiger partial charge in [0.1, 0.15) is 0 Å². The zero-order chi connectivity index (χ0) is 15.5. The summed E-state index contributed by atoms with van der Waals surface area (Å²) in [6.07, 6.45) is 0. The summed E-state index contributed by atoms with van der Waals surface area (Å²) in [6.45, 7) is 13.7. The lowest BCUT2D eigenvalue weighted by molar-refractivity contribution is 0.421. The zero-order valence-corrected chi connectivity index (χ0v) is 13.9. The first-order valence-corrected chi connectivity index (χ1v) is 7.69. The highest BCUT2D eigenvalue weighted by Gasteiger charge is 2.09. The number of rotatable bonds is 5. The Hall–Kier alpha value is -1.45. The number of aryl methyl sites for hydroxylation is 1. The van der Waals surface area contributed by atoms with Crippen LogP contribution in [0.2, 0.25) is 0 Å². The van der Waals surface area contributed by atoms with E-state index >= 15 is 0 Å². The van der Waals surface area contributed by atoms with Crippen molar-refractivity contribution in [3.8, 4) is 0 Å². The molecule has 3 nitrogen and oxygen atoms in total. The molecule has 0 aliphatic rings. The Kier molecular flexibility index (Phi) is 4.96. The van der Waals surface area contributed by atoms with E-state index in [9.17, 15) is 0 Å². The van der Waals surface area contributed by atoms with Crippen molar-refractivity contribution in [3.05, 3.63) is 41.1 Å². The number of hydrogen-bond donors (Lipinski definition) is 2. The van der Waals surface area contributed by atoms with Gasteiger partial charge in [-0.3, -0.25) is 4.98 Å². The molecule has 0 aliphatic carbocycles. The second-order valence-electron chi connectivity index (χ2n) is 6.67. The molecule has 0 aliphatic heterocycles. The van der Waals surface area contributed by atoms with Gasteiger partial charge in [-0.2, -0.15) is 0 Å². The van der Waals surface area contributed by atoms with Gasteiger partial charge in [-0.25, -0.2) is 0 Å². The maximum Gasteiger partial charge on any atom is 0.0708 e. The summed E-state index contributed by atoms with van der Waals surface area (Å²) < 4.78 is 0. The minimum Gasteiger partial charge on any atom is -0.311 e. The average molecular weight is 285 g/mol. The van der Waals surface area contributed by atoms with E-state index in [0.717, 1.165) is 30.8 Å². The second-order valence-corrected chi connectivity index (χ2v) is 6.67. The number of pyridine rings is 1. The standard InChI is InChI=1S/C18H27N3/c1-13-14(2)21-17-9-7-6-8-15(17)16(13)12-19-10-11-20-18(3,4)5/h6-9,19-20H,10-12H2,1-5H3. The molecular formula is C18H27N3. The minimum absolute atomic E-state index is 0.178. The fourth-order valence-corrected chi connectivity index (χ4v) is 2.48. The first-order valence-electron chi connectivity index (χ1n) is 7.69. The summed E-state index contributed by atoms with van der Waals surface area (Å²) >= 11 is 0. The predicted molar refractivity (Wildman–Crippen MR) is 90.7 cm³/mol. The number of para-hydroxylation sites is 1. The van der Waals surface area contributed by atoms with Crippen LogP contribution in [-0.4, -0.2) is 23.6 Å². The summed E-state index contributed by atoms with van der Waals surface area (Å²) in [5, 5.41) is 8.30. The van der Waals surface area contributed by atoms with E-state index < -0.39 is 0 Å². The van der Waals surface area contributed by atoms with Crippen LogP contribution in [0.25, 0.3) is 10.9 Å². The van der Waals surface area contributed by atoms with E-state index in [-0.39, 0.29) is 5.54 Å². The first kappa shape index (κ1) is 15.9. The van der Waals surface area contributed by atoms with Gasteiger partial charge in [-0.15, -0.1) is 0 Å². The molecule has 0 bridgehead atoms. The van der Waals surface area contributed by atoms with Crippen LogP contribution in [0.15, 0.2) is 24.3 Å². The Bertz CT molecular complexity index is 612. The van der Waals surface area contributed by atoms with Crippen molar-refractivity contribution in [2.45, 2.75) is 46.7 Å². The molecule has 21 heavy (non-hydrogen) atoms. The quantitative estimate of drug-likeness (QED) is 0.827. The molecule has 1 aromatic heterocycles. The van der Waals surface area contributed by atoms with E-state index in [1.54, 1.807) is 0 Å². The Morgan fingerprint density at radius 2 is 1.76 bits per heavy atom. The smallest absolute Gasteiger partial charge is 0.0708 e. The molecule has 2 aromatic rings. The molecule has 0 unspecified atom stereocenters. The van der Waals surface area contributed by atoms with Crippen molar-refractivity contribution in [1.29, 1.82) is 0 Å². The number of hydrogen-bond acceptors (Lipinski definition) is 3. The fourth-order valence-electron chi connectivity index (χ4n) is 2.48. The maximum absolute atomic E-state index is 4.67. The fraction of sp³-hybridized carbons (Fsp3) is 0.500. The zero-order valence-electron chi connectivity index (χ0n) is 13.9. The molecule has 114 valence electrons. The van der Waals surface area contributed by atoms with Gasteiger partial charge in [-0.05, 0) is 51.8 Å². The molecule has 2 N–H and O–H groups in total. The van der Waals surface area contributed by atoms with Crippen molar-refractivity contribution in [1.82, 2.24) is 15.6 Å². The second kappa shape index (κ2) is 6.54. The van der Waals surface area contributed by atoms with Crippen LogP contribution in [0, 0.1) is 13.8 Å². The SMILES string of the molecule is Cc1nc2ccccc2c(CNCCNC(C)(C)C)c1C. The number of aromatic nitrogens is 1. The van der Waals surface area contributed by atoms with Crippen molar-refractivity contribution >= 4 is 10.9 Å². The van der Waals surface area contributed by atoms with E-state index in [4.69, 9.17) is 0 Å². The summed E-state index contributed by atoms with van der Waals surface area (Å²) in [6, 6.07) is 8.39. The van der Waals surface area contributed by atoms with Crippen LogP contribution < -0.4 is 10.6 Å². The first-order chi connectivity index (χ1) is 9.88. The third kappa shape index (κ3) is 4.26. The summed E-state index contributed by atoms with van der Waals surface area (Å²) in [4.78, 5) is 4.67. The normalized spacial score (nSPS) is 12.0. The Morgan fingerprint density at radius 1 is 1.05 bits per heavy atom. The Labute approximate surface area is 128 Å². The third-order valence-electron chi connectivity index (χ3n) is 3.77. The summed E-state index contributed by atoms with van der Waals surface area (Å²) in [7, 11) is 0. The van der Waals surface area contributed by atoms with E-state index in [1.807, 2.05) is 0 Å². The number of fused-ring (bicyclic) bond motifs is 1. The van der Waals surface area contributed by atoms with Crippen LogP contribution >= 0.6 is 0 Å². The van der Waals surface area contributed by atoms with Crippen molar-refractivity contribution in [3.63, 3.8) is 0 Å². The number of nitrogens with one attached hydrogen (secondary N) is 2. The Balaban J connectivity index is 2.06. The molecule has 3 heteroatoms. The average Bonchev–Trinajstić information content (AvgIpc) is 2.41. The van der Waals surface area contributed by atoms with Crippen LogP contribution in [0.3, 0.4) is 0 Å². The third-order valence-corrected chi connectivity index (χ3v) is 3.77. The molecule has 0 amide bonds. The lowest BCUT2D eigenvalue weighted by Gasteiger charge is -2.21. The van der Waals surface area contributed by atoms with E-state index in [0.29, 0.717) is 0 Å². The van der Waals surface area contributed by atoms with Crippen LogP contribution in [0.1, 0.15) is 37.6 Å². The van der Waals surface area contributed by atoms with Gasteiger partial charge >= 0.3 is 0 Å². The molecule has 0 saturated carbocycles. The molecule has 1 aromatic carbocycles. The van der Waals surface area contributed by atoms with Gasteiger partial charge in [-0.1, -0.05) is 18.2 Å². The van der Waals surface area contributed by atoms with Crippen molar-refractivity contribution in [2.24, 2.45) is 0 Å². The predicted octanol–water partition coefficient (Wildman–Crippen LogP) is 3.33. The van der Waals surface area contributed by atoms with Crippen LogP contribution in [0.4, 0.5) is 0 Å². The van der Waals surface area contributed by atoms with Gasteiger partial charge in [0.15, 0.2) is 0 Å². The monoisotopic (exact) mass is 285 g/mol.